The van der Waals surface area contributed by atoms with Gasteiger partial charge in [-0.25, -0.2) is 4.98 Å². The Kier molecular flexibility index (Phi) is 8.67. The van der Waals surface area contributed by atoms with Crippen LogP contribution in [-0.4, -0.2) is 65.9 Å². The van der Waals surface area contributed by atoms with E-state index in [0.717, 1.165) is 49.4 Å². The second-order valence-corrected chi connectivity index (χ2v) is 9.01. The van der Waals surface area contributed by atoms with Gasteiger partial charge < -0.3 is 15.5 Å². The van der Waals surface area contributed by atoms with Crippen LogP contribution in [-0.2, 0) is 17.9 Å². The fraction of sp³-hybridized carbons (Fsp3) is 0.333. The molecule has 1 saturated heterocycles. The molecule has 2 N–H and O–H groups in total. The van der Waals surface area contributed by atoms with E-state index < -0.39 is 0 Å². The van der Waals surface area contributed by atoms with Crippen LogP contribution in [0.2, 0.25) is 0 Å². The lowest BCUT2D eigenvalue weighted by molar-refractivity contribution is -0.125. The number of pyridine rings is 1. The van der Waals surface area contributed by atoms with Gasteiger partial charge in [0.2, 0.25) is 5.91 Å². The molecule has 6 nitrogen and oxygen atoms in total. The summed E-state index contributed by atoms with van der Waals surface area (Å²) in [5, 5.41) is 2.42. The van der Waals surface area contributed by atoms with Crippen LogP contribution in [0.15, 0.2) is 54.7 Å². The number of amides is 1. The monoisotopic (exact) mass is 479 g/mol. The second-order valence-electron chi connectivity index (χ2n) is 9.01. The number of piperazine rings is 1. The molecule has 0 spiro atoms. The predicted molar refractivity (Wildman–Crippen MR) is 143 cm³/mol. The van der Waals surface area contributed by atoms with Crippen LogP contribution >= 0.6 is 12.4 Å². The number of carbonyl (C=O) groups excluding carboxylic acids is 1. The fourth-order valence-electron chi connectivity index (χ4n) is 4.28. The quantitative estimate of drug-likeness (QED) is 0.542. The number of nitrogen functional groups attached to an aromatic ring is 1. The molecule has 1 aliphatic rings. The summed E-state index contributed by atoms with van der Waals surface area (Å²) >= 11 is 0. The molecule has 0 bridgehead atoms. The van der Waals surface area contributed by atoms with Crippen LogP contribution in [0.25, 0.3) is 16.8 Å². The van der Waals surface area contributed by atoms with Gasteiger partial charge in [-0.3, -0.25) is 9.69 Å². The van der Waals surface area contributed by atoms with Gasteiger partial charge in [-0.15, -0.1) is 12.4 Å². The number of nitrogens with zero attached hydrogens (tertiary/aromatic N) is 4. The predicted octanol–water partition coefficient (Wildman–Crippen LogP) is 3.97. The van der Waals surface area contributed by atoms with E-state index in [1.807, 2.05) is 25.3 Å². The number of hydrogen-bond donors (Lipinski definition) is 1. The van der Waals surface area contributed by atoms with E-state index in [1.165, 1.54) is 16.3 Å². The SMILES string of the molecule is Cc1ccc(CN(C)C(=O)C=Cc2cnc(N)c(CN3CCN(C)CC3)c2)c2ccccc12.Cl. The number of likely N-dealkylation sites (N-methyl/N-ethyl adjacent to an activating group) is 2. The molecule has 1 aromatic heterocycles. The fourth-order valence-corrected chi connectivity index (χ4v) is 4.28. The number of aryl methyl sites for hydroxylation is 1. The number of anilines is 1. The van der Waals surface area contributed by atoms with Gasteiger partial charge in [0.25, 0.3) is 0 Å². The van der Waals surface area contributed by atoms with E-state index in [1.54, 1.807) is 17.2 Å². The number of aromatic nitrogens is 1. The number of rotatable bonds is 6. The Balaban J connectivity index is 0.00000324. The highest BCUT2D eigenvalue weighted by Crippen LogP contribution is 2.23. The highest BCUT2D eigenvalue weighted by Gasteiger charge is 2.15. The minimum absolute atomic E-state index is 0. The van der Waals surface area contributed by atoms with Gasteiger partial charge in [0.15, 0.2) is 0 Å². The third-order valence-electron chi connectivity index (χ3n) is 6.45. The summed E-state index contributed by atoms with van der Waals surface area (Å²) < 4.78 is 0. The molecule has 2 aromatic carbocycles. The van der Waals surface area contributed by atoms with Gasteiger partial charge in [0.1, 0.15) is 5.82 Å². The summed E-state index contributed by atoms with van der Waals surface area (Å²) in [6.07, 6.45) is 5.16. The standard InChI is InChI=1S/C27H33N5O.ClH/c1-20-8-10-22(25-7-5-4-6-24(20)25)18-31(3)26(33)11-9-21-16-23(27(28)29-17-21)19-32-14-12-30(2)13-15-32;/h4-11,16-17H,12-15,18-19H2,1-3H3,(H2,28,29);1H. The van der Waals surface area contributed by atoms with Crippen LogP contribution in [0, 0.1) is 6.92 Å². The molecule has 4 rings (SSSR count). The van der Waals surface area contributed by atoms with E-state index >= 15 is 0 Å². The van der Waals surface area contributed by atoms with Crippen molar-refractivity contribution in [1.29, 1.82) is 0 Å². The molecule has 34 heavy (non-hydrogen) atoms. The molecule has 7 heteroatoms. The number of hydrogen-bond acceptors (Lipinski definition) is 5. The zero-order chi connectivity index (χ0) is 23.4. The molecule has 3 aromatic rings. The van der Waals surface area contributed by atoms with E-state index in [0.29, 0.717) is 12.4 Å². The summed E-state index contributed by atoms with van der Waals surface area (Å²) in [4.78, 5) is 23.6. The largest absolute Gasteiger partial charge is 0.383 e. The van der Waals surface area contributed by atoms with Gasteiger partial charge >= 0.3 is 0 Å². The Morgan fingerprint density at radius 3 is 2.53 bits per heavy atom. The van der Waals surface area contributed by atoms with Crippen LogP contribution in [0.4, 0.5) is 5.82 Å². The molecule has 1 aliphatic heterocycles. The molecule has 0 radical (unpaired) electrons. The first-order chi connectivity index (χ1) is 15.9. The summed E-state index contributed by atoms with van der Waals surface area (Å²) in [5.74, 6) is 0.512. The number of halogens is 1. The van der Waals surface area contributed by atoms with Gasteiger partial charge in [-0.05, 0) is 53.6 Å². The van der Waals surface area contributed by atoms with Crippen molar-refractivity contribution in [2.75, 3.05) is 46.0 Å². The number of nitrogens with two attached hydrogens (primary N) is 1. The highest BCUT2D eigenvalue weighted by molar-refractivity contribution is 5.92. The maximum atomic E-state index is 12.8. The number of carbonyl (C=O) groups is 1. The summed E-state index contributed by atoms with van der Waals surface area (Å²) in [5.41, 5.74) is 10.4. The van der Waals surface area contributed by atoms with E-state index in [2.05, 4.69) is 59.1 Å². The molecular formula is C27H34ClN5O. The molecule has 0 aliphatic carbocycles. The Bertz CT molecular complexity index is 1170. The maximum absolute atomic E-state index is 12.8. The summed E-state index contributed by atoms with van der Waals surface area (Å²) in [7, 11) is 3.98. The first kappa shape index (κ1) is 25.7. The Morgan fingerprint density at radius 1 is 1.09 bits per heavy atom. The maximum Gasteiger partial charge on any atom is 0.246 e. The average Bonchev–Trinajstić information content (AvgIpc) is 2.82. The summed E-state index contributed by atoms with van der Waals surface area (Å²) in [6.45, 7) is 7.61. The van der Waals surface area contributed by atoms with Crippen molar-refractivity contribution in [3.63, 3.8) is 0 Å². The first-order valence-corrected chi connectivity index (χ1v) is 11.5. The summed E-state index contributed by atoms with van der Waals surface area (Å²) in [6, 6.07) is 14.6. The van der Waals surface area contributed by atoms with Gasteiger partial charge in [0, 0.05) is 64.2 Å². The van der Waals surface area contributed by atoms with Crippen molar-refractivity contribution in [2.24, 2.45) is 0 Å². The van der Waals surface area contributed by atoms with Crippen LogP contribution < -0.4 is 5.73 Å². The van der Waals surface area contributed by atoms with Gasteiger partial charge in [-0.1, -0.05) is 36.4 Å². The van der Waals surface area contributed by atoms with Crippen molar-refractivity contribution >= 4 is 41.0 Å². The topological polar surface area (TPSA) is 65.7 Å². The van der Waals surface area contributed by atoms with Gasteiger partial charge in [-0.2, -0.15) is 0 Å². The molecule has 0 atom stereocenters. The first-order valence-electron chi connectivity index (χ1n) is 11.5. The molecule has 0 saturated carbocycles. The van der Waals surface area contributed by atoms with Crippen LogP contribution in [0.3, 0.4) is 0 Å². The van der Waals surface area contributed by atoms with Crippen molar-refractivity contribution in [2.45, 2.75) is 20.0 Å². The highest BCUT2D eigenvalue weighted by atomic mass is 35.5. The Labute approximate surface area is 208 Å². The minimum atomic E-state index is -0.0444. The van der Waals surface area contributed by atoms with E-state index in [9.17, 15) is 4.79 Å². The molecular weight excluding hydrogens is 446 g/mol. The van der Waals surface area contributed by atoms with Crippen molar-refractivity contribution in [3.8, 4) is 0 Å². The van der Waals surface area contributed by atoms with Gasteiger partial charge in [0.05, 0.1) is 0 Å². The molecule has 0 unspecified atom stereocenters. The Morgan fingerprint density at radius 2 is 1.79 bits per heavy atom. The third-order valence-corrected chi connectivity index (χ3v) is 6.45. The zero-order valence-electron chi connectivity index (χ0n) is 20.2. The zero-order valence-corrected chi connectivity index (χ0v) is 21.0. The minimum Gasteiger partial charge on any atom is -0.383 e. The molecule has 180 valence electrons. The third kappa shape index (κ3) is 6.14. The normalized spacial score (nSPS) is 14.9. The lowest BCUT2D eigenvalue weighted by atomic mass is 10.00. The van der Waals surface area contributed by atoms with Crippen molar-refractivity contribution in [3.05, 3.63) is 77.0 Å². The van der Waals surface area contributed by atoms with Crippen molar-refractivity contribution in [1.82, 2.24) is 19.7 Å². The van der Waals surface area contributed by atoms with E-state index in [4.69, 9.17) is 5.73 Å². The van der Waals surface area contributed by atoms with E-state index in [-0.39, 0.29) is 18.3 Å². The average molecular weight is 480 g/mol. The van der Waals surface area contributed by atoms with Crippen LogP contribution in [0.5, 0.6) is 0 Å². The molecule has 1 amide bonds. The lowest BCUT2D eigenvalue weighted by Crippen LogP contribution is -2.44. The second kappa shape index (κ2) is 11.5. The van der Waals surface area contributed by atoms with Crippen molar-refractivity contribution < 1.29 is 4.79 Å². The van der Waals surface area contributed by atoms with Crippen LogP contribution in [0.1, 0.15) is 22.3 Å². The lowest BCUT2D eigenvalue weighted by Gasteiger charge is -2.32. The Hall–Kier alpha value is -2.93. The number of fused-ring (bicyclic) bond motifs is 1. The molecule has 2 heterocycles. The molecule has 1 fully saturated rings. The smallest absolute Gasteiger partial charge is 0.246 e. The number of benzene rings is 2.